The van der Waals surface area contributed by atoms with Crippen LogP contribution in [0.4, 0.5) is 11.5 Å². The Morgan fingerprint density at radius 2 is 2.09 bits per heavy atom. The SMILES string of the molecule is CCN(CC)c1cc(C(=O)N2CCCC(COc3cccc4c3C(N)=NS(=O)(=O)N4)C2)ccn1. The van der Waals surface area contributed by atoms with Gasteiger partial charge in [-0.05, 0) is 51.0 Å². The number of nitrogens with one attached hydrogen (secondary N) is 1. The quantitative estimate of drug-likeness (QED) is 0.614. The fourth-order valence-corrected chi connectivity index (χ4v) is 5.23. The molecule has 4 rings (SSSR count). The maximum Gasteiger partial charge on any atom is 0.344 e. The number of anilines is 2. The van der Waals surface area contributed by atoms with E-state index in [2.05, 4.69) is 32.9 Å². The number of carbonyl (C=O) groups excluding carboxylic acids is 1. The van der Waals surface area contributed by atoms with Crippen LogP contribution in [0.25, 0.3) is 0 Å². The third kappa shape index (κ3) is 5.09. The molecule has 1 atom stereocenters. The second kappa shape index (κ2) is 9.88. The van der Waals surface area contributed by atoms with Crippen LogP contribution in [0, 0.1) is 5.92 Å². The van der Waals surface area contributed by atoms with Crippen LogP contribution in [-0.4, -0.2) is 62.8 Å². The van der Waals surface area contributed by atoms with Gasteiger partial charge in [-0.25, -0.2) is 4.98 Å². The molecular formula is C23H30N6O4S. The number of fused-ring (bicyclic) bond motifs is 1. The smallest absolute Gasteiger partial charge is 0.344 e. The number of pyridine rings is 1. The van der Waals surface area contributed by atoms with E-state index in [4.69, 9.17) is 10.5 Å². The Kier molecular flexibility index (Phi) is 6.92. The summed E-state index contributed by atoms with van der Waals surface area (Å²) >= 11 is 0. The van der Waals surface area contributed by atoms with E-state index in [1.165, 1.54) is 0 Å². The molecule has 182 valence electrons. The molecule has 1 amide bonds. The summed E-state index contributed by atoms with van der Waals surface area (Å²) in [5.41, 5.74) is 7.30. The fraction of sp³-hybridized carbons (Fsp3) is 0.435. The van der Waals surface area contributed by atoms with Crippen LogP contribution < -0.4 is 20.1 Å². The number of amides is 1. The maximum atomic E-state index is 13.2. The number of hydrogen-bond acceptors (Lipinski definition) is 7. The van der Waals surface area contributed by atoms with E-state index in [1.54, 1.807) is 30.5 Å². The van der Waals surface area contributed by atoms with Gasteiger partial charge in [-0.3, -0.25) is 9.52 Å². The molecule has 10 nitrogen and oxygen atoms in total. The Morgan fingerprint density at radius 3 is 2.85 bits per heavy atom. The summed E-state index contributed by atoms with van der Waals surface area (Å²) in [6.07, 6.45) is 3.49. The molecule has 2 aliphatic heterocycles. The first-order valence-corrected chi connectivity index (χ1v) is 12.9. The molecule has 0 bridgehead atoms. The Hall–Kier alpha value is -3.34. The average molecular weight is 487 g/mol. The zero-order valence-electron chi connectivity index (χ0n) is 19.4. The van der Waals surface area contributed by atoms with Gasteiger partial charge in [0, 0.05) is 43.9 Å². The van der Waals surface area contributed by atoms with Gasteiger partial charge in [0.25, 0.3) is 5.91 Å². The largest absolute Gasteiger partial charge is 0.492 e. The lowest BCUT2D eigenvalue weighted by Crippen LogP contribution is -2.41. The van der Waals surface area contributed by atoms with Gasteiger partial charge < -0.3 is 20.3 Å². The van der Waals surface area contributed by atoms with Gasteiger partial charge in [-0.2, -0.15) is 8.42 Å². The predicted octanol–water partition coefficient (Wildman–Crippen LogP) is 2.23. The number of carbonyl (C=O) groups is 1. The van der Waals surface area contributed by atoms with Gasteiger partial charge in [0.1, 0.15) is 11.6 Å². The highest BCUT2D eigenvalue weighted by Gasteiger charge is 2.28. The van der Waals surface area contributed by atoms with Crippen molar-refractivity contribution in [2.24, 2.45) is 16.0 Å². The second-order valence-corrected chi connectivity index (χ2v) is 9.71. The topological polar surface area (TPSA) is 130 Å². The van der Waals surface area contributed by atoms with Gasteiger partial charge in [0.05, 0.1) is 17.9 Å². The summed E-state index contributed by atoms with van der Waals surface area (Å²) in [5, 5.41) is 0. The molecule has 11 heteroatoms. The van der Waals surface area contributed by atoms with E-state index in [-0.39, 0.29) is 17.7 Å². The van der Waals surface area contributed by atoms with Gasteiger partial charge in [-0.1, -0.05) is 6.07 Å². The molecule has 34 heavy (non-hydrogen) atoms. The minimum absolute atomic E-state index is 0.0108. The standard InChI is InChI=1S/C23H30N6O4S/c1-3-28(4-2)20-13-17(10-11-25-20)23(30)29-12-6-7-16(14-29)15-33-19-9-5-8-18-21(19)22(24)27-34(31,32)26-18/h5,8-11,13,16,26H,3-4,6-7,12,14-15H2,1-2H3,(H2,24,27). The zero-order valence-corrected chi connectivity index (χ0v) is 20.2. The normalized spacial score (nSPS) is 18.9. The lowest BCUT2D eigenvalue weighted by Gasteiger charge is -2.33. The average Bonchev–Trinajstić information content (AvgIpc) is 2.82. The van der Waals surface area contributed by atoms with E-state index in [9.17, 15) is 13.2 Å². The van der Waals surface area contributed by atoms with Crippen LogP contribution in [0.1, 0.15) is 42.6 Å². The fourth-order valence-electron chi connectivity index (χ4n) is 4.39. The summed E-state index contributed by atoms with van der Waals surface area (Å²) in [5.74, 6) is 1.28. The minimum Gasteiger partial charge on any atom is -0.492 e. The van der Waals surface area contributed by atoms with Crippen LogP contribution in [0.5, 0.6) is 5.75 Å². The summed E-state index contributed by atoms with van der Waals surface area (Å²) in [4.78, 5) is 21.6. The molecule has 1 fully saturated rings. The van der Waals surface area contributed by atoms with Crippen molar-refractivity contribution in [1.29, 1.82) is 0 Å². The van der Waals surface area contributed by atoms with Crippen molar-refractivity contribution in [3.63, 3.8) is 0 Å². The van der Waals surface area contributed by atoms with Crippen molar-refractivity contribution in [3.05, 3.63) is 47.7 Å². The monoisotopic (exact) mass is 486 g/mol. The number of nitrogens with two attached hydrogens (primary N) is 1. The molecule has 1 aromatic carbocycles. The maximum absolute atomic E-state index is 13.2. The number of hydrogen-bond donors (Lipinski definition) is 2. The van der Waals surface area contributed by atoms with Crippen LogP contribution >= 0.6 is 0 Å². The number of nitrogens with zero attached hydrogens (tertiary/aromatic N) is 4. The van der Waals surface area contributed by atoms with Crippen LogP contribution in [0.2, 0.25) is 0 Å². The molecule has 2 aromatic rings. The van der Waals surface area contributed by atoms with Gasteiger partial charge in [0.2, 0.25) is 0 Å². The van der Waals surface area contributed by atoms with E-state index < -0.39 is 10.2 Å². The molecule has 1 saturated heterocycles. The highest BCUT2D eigenvalue weighted by molar-refractivity contribution is 7.91. The van der Waals surface area contributed by atoms with Crippen molar-refractivity contribution in [2.45, 2.75) is 26.7 Å². The molecule has 3 heterocycles. The summed E-state index contributed by atoms with van der Waals surface area (Å²) in [7, 11) is -3.85. The zero-order chi connectivity index (χ0) is 24.3. The molecule has 3 N–H and O–H groups in total. The van der Waals surface area contributed by atoms with E-state index in [0.29, 0.717) is 42.3 Å². The van der Waals surface area contributed by atoms with Gasteiger partial charge in [0.15, 0.2) is 5.84 Å². The van der Waals surface area contributed by atoms with Crippen molar-refractivity contribution in [1.82, 2.24) is 9.88 Å². The molecule has 0 aliphatic carbocycles. The Balaban J connectivity index is 1.43. The van der Waals surface area contributed by atoms with Gasteiger partial charge in [-0.15, -0.1) is 4.40 Å². The predicted molar refractivity (Wildman–Crippen MR) is 132 cm³/mol. The number of piperidine rings is 1. The molecule has 0 radical (unpaired) electrons. The Morgan fingerprint density at radius 1 is 1.29 bits per heavy atom. The highest BCUT2D eigenvalue weighted by Crippen LogP contribution is 2.31. The number of likely N-dealkylation sites (tertiary alicyclic amines) is 1. The molecular weight excluding hydrogens is 456 g/mol. The Bertz CT molecular complexity index is 1200. The second-order valence-electron chi connectivity index (χ2n) is 8.38. The van der Waals surface area contributed by atoms with E-state index in [1.807, 2.05) is 11.0 Å². The molecule has 0 spiro atoms. The highest BCUT2D eigenvalue weighted by atomic mass is 32.2. The third-order valence-electron chi connectivity index (χ3n) is 6.10. The van der Waals surface area contributed by atoms with E-state index >= 15 is 0 Å². The van der Waals surface area contributed by atoms with E-state index in [0.717, 1.165) is 31.7 Å². The minimum atomic E-state index is -3.85. The number of rotatable bonds is 7. The van der Waals surface area contributed by atoms with Crippen molar-refractivity contribution in [2.75, 3.05) is 42.4 Å². The first-order chi connectivity index (χ1) is 16.3. The summed E-state index contributed by atoms with van der Waals surface area (Å²) in [6, 6.07) is 8.66. The first kappa shape index (κ1) is 23.8. The van der Waals surface area contributed by atoms with Gasteiger partial charge >= 0.3 is 10.2 Å². The summed E-state index contributed by atoms with van der Waals surface area (Å²) in [6.45, 7) is 7.42. The molecule has 1 aromatic heterocycles. The van der Waals surface area contributed by atoms with Crippen LogP contribution in [-0.2, 0) is 10.2 Å². The number of aromatic nitrogens is 1. The van der Waals surface area contributed by atoms with Crippen molar-refractivity contribution in [3.8, 4) is 5.75 Å². The number of ether oxygens (including phenoxy) is 1. The lowest BCUT2D eigenvalue weighted by molar-refractivity contribution is 0.0633. The van der Waals surface area contributed by atoms with Crippen molar-refractivity contribution >= 4 is 33.5 Å². The molecule has 0 saturated carbocycles. The van der Waals surface area contributed by atoms with Crippen LogP contribution in [0.3, 0.4) is 0 Å². The van der Waals surface area contributed by atoms with Crippen molar-refractivity contribution < 1.29 is 17.9 Å². The number of amidine groups is 1. The first-order valence-electron chi connectivity index (χ1n) is 11.5. The molecule has 1 unspecified atom stereocenters. The molecule has 2 aliphatic rings. The lowest BCUT2D eigenvalue weighted by atomic mass is 9.98. The summed E-state index contributed by atoms with van der Waals surface area (Å²) < 4.78 is 35.5. The Labute approximate surface area is 200 Å². The van der Waals surface area contributed by atoms with Crippen LogP contribution in [0.15, 0.2) is 40.9 Å². The number of benzene rings is 1. The third-order valence-corrected chi connectivity index (χ3v) is 7.02.